The Morgan fingerprint density at radius 1 is 1.19 bits per heavy atom. The molecule has 0 radical (unpaired) electrons. The van der Waals surface area contributed by atoms with E-state index in [0.29, 0.717) is 12.5 Å². The monoisotopic (exact) mass is 560 g/mol. The minimum absolute atomic E-state index is 0. The zero-order chi connectivity index (χ0) is 22.7. The van der Waals surface area contributed by atoms with Gasteiger partial charge in [0, 0.05) is 32.2 Å². The van der Waals surface area contributed by atoms with Crippen molar-refractivity contribution >= 4 is 29.9 Å². The molecule has 0 aliphatic carbocycles. The van der Waals surface area contributed by atoms with E-state index in [4.69, 9.17) is 14.5 Å². The van der Waals surface area contributed by atoms with Crippen LogP contribution in [0.25, 0.3) is 0 Å². The molecule has 0 spiro atoms. The standard InChI is InChI=1S/C25H44N4O2.HI/c1-7-26-24(28-19-21-10-8-16-31-23(21)25(2,3)4)27-18-20-11-13-22(14-12-20)30-17-9-15-29(5)6;/h11-14,21,23H,7-10,15-19H2,1-6H3,(H2,26,27,28);1H. The maximum Gasteiger partial charge on any atom is 0.191 e. The molecular weight excluding hydrogens is 515 g/mol. The fraction of sp³-hybridized carbons (Fsp3) is 0.720. The van der Waals surface area contributed by atoms with Crippen molar-refractivity contribution in [3.63, 3.8) is 0 Å². The summed E-state index contributed by atoms with van der Waals surface area (Å²) in [7, 11) is 4.16. The third-order valence-corrected chi connectivity index (χ3v) is 5.54. The molecule has 0 amide bonds. The number of guanidine groups is 1. The first-order valence-electron chi connectivity index (χ1n) is 11.8. The molecule has 1 aliphatic rings. The summed E-state index contributed by atoms with van der Waals surface area (Å²) in [5.41, 5.74) is 1.32. The summed E-state index contributed by atoms with van der Waals surface area (Å²) in [6.07, 6.45) is 3.64. The average Bonchev–Trinajstić information content (AvgIpc) is 2.73. The maximum absolute atomic E-state index is 6.12. The second-order valence-corrected chi connectivity index (χ2v) is 9.79. The lowest BCUT2D eigenvalue weighted by atomic mass is 9.78. The van der Waals surface area contributed by atoms with Gasteiger partial charge in [0.15, 0.2) is 5.96 Å². The molecule has 32 heavy (non-hydrogen) atoms. The van der Waals surface area contributed by atoms with Crippen molar-refractivity contribution in [1.82, 2.24) is 15.5 Å². The maximum atomic E-state index is 6.12. The first kappa shape index (κ1) is 29.0. The van der Waals surface area contributed by atoms with E-state index in [1.165, 1.54) is 12.0 Å². The Labute approximate surface area is 212 Å². The van der Waals surface area contributed by atoms with Crippen LogP contribution in [0.4, 0.5) is 0 Å². The van der Waals surface area contributed by atoms with E-state index < -0.39 is 0 Å². The van der Waals surface area contributed by atoms with E-state index in [1.807, 2.05) is 12.1 Å². The SMILES string of the molecule is CCNC(=NCc1ccc(OCCCN(C)C)cc1)NCC1CCCOC1C(C)(C)C.I. The number of nitrogens with zero attached hydrogens (tertiary/aromatic N) is 2. The Bertz CT molecular complexity index is 659. The lowest BCUT2D eigenvalue weighted by Crippen LogP contribution is -2.47. The van der Waals surface area contributed by atoms with E-state index in [1.54, 1.807) is 0 Å². The predicted molar refractivity (Wildman–Crippen MR) is 145 cm³/mol. The highest BCUT2D eigenvalue weighted by Gasteiger charge is 2.35. The van der Waals surface area contributed by atoms with E-state index in [2.05, 4.69) is 69.5 Å². The number of nitrogens with one attached hydrogen (secondary N) is 2. The van der Waals surface area contributed by atoms with Crippen LogP contribution in [0.2, 0.25) is 0 Å². The molecule has 1 aromatic rings. The molecule has 1 aliphatic heterocycles. The topological polar surface area (TPSA) is 58.1 Å². The zero-order valence-electron chi connectivity index (χ0n) is 20.9. The van der Waals surface area contributed by atoms with Crippen molar-refractivity contribution in [1.29, 1.82) is 0 Å². The highest BCUT2D eigenvalue weighted by Crippen LogP contribution is 2.33. The normalized spacial score (nSPS) is 19.4. The molecule has 2 N–H and O–H groups in total. The van der Waals surface area contributed by atoms with Crippen molar-refractivity contribution in [3.8, 4) is 5.75 Å². The van der Waals surface area contributed by atoms with Crippen LogP contribution in [0.15, 0.2) is 29.3 Å². The highest BCUT2D eigenvalue weighted by atomic mass is 127. The van der Waals surface area contributed by atoms with Gasteiger partial charge in [0.2, 0.25) is 0 Å². The van der Waals surface area contributed by atoms with Gasteiger partial charge in [-0.1, -0.05) is 32.9 Å². The van der Waals surface area contributed by atoms with Gasteiger partial charge < -0.3 is 25.0 Å². The largest absolute Gasteiger partial charge is 0.494 e. The molecular formula is C25H45IN4O2. The van der Waals surface area contributed by atoms with E-state index >= 15 is 0 Å². The number of ether oxygens (including phenoxy) is 2. The van der Waals surface area contributed by atoms with E-state index in [-0.39, 0.29) is 35.5 Å². The number of halogens is 1. The quantitative estimate of drug-likeness (QED) is 0.191. The van der Waals surface area contributed by atoms with Gasteiger partial charge in [-0.2, -0.15) is 0 Å². The van der Waals surface area contributed by atoms with Crippen LogP contribution >= 0.6 is 24.0 Å². The van der Waals surface area contributed by atoms with Gasteiger partial charge >= 0.3 is 0 Å². The van der Waals surface area contributed by atoms with Gasteiger partial charge in [-0.15, -0.1) is 24.0 Å². The number of rotatable bonds is 10. The van der Waals surface area contributed by atoms with Crippen LogP contribution in [0.5, 0.6) is 5.75 Å². The van der Waals surface area contributed by atoms with Crippen LogP contribution in [-0.4, -0.2) is 63.9 Å². The van der Waals surface area contributed by atoms with Gasteiger partial charge in [-0.05, 0) is 63.4 Å². The van der Waals surface area contributed by atoms with E-state index in [0.717, 1.165) is 57.4 Å². The van der Waals surface area contributed by atoms with Crippen LogP contribution in [0.3, 0.4) is 0 Å². The molecule has 2 unspecified atom stereocenters. The van der Waals surface area contributed by atoms with Crippen LogP contribution in [0, 0.1) is 11.3 Å². The van der Waals surface area contributed by atoms with Crippen LogP contribution in [-0.2, 0) is 11.3 Å². The van der Waals surface area contributed by atoms with Gasteiger partial charge in [-0.3, -0.25) is 0 Å². The first-order chi connectivity index (χ1) is 14.8. The molecule has 6 nitrogen and oxygen atoms in total. The summed E-state index contributed by atoms with van der Waals surface area (Å²) in [5, 5.41) is 6.92. The molecule has 2 atom stereocenters. The Hall–Kier alpha value is -1.06. The third-order valence-electron chi connectivity index (χ3n) is 5.54. The Morgan fingerprint density at radius 2 is 1.91 bits per heavy atom. The molecule has 0 saturated carbocycles. The summed E-state index contributed by atoms with van der Waals surface area (Å²) in [6, 6.07) is 8.26. The number of benzene rings is 1. The van der Waals surface area contributed by atoms with Gasteiger partial charge in [0.1, 0.15) is 5.75 Å². The molecule has 1 aromatic carbocycles. The summed E-state index contributed by atoms with van der Waals surface area (Å²) in [4.78, 5) is 6.96. The zero-order valence-corrected chi connectivity index (χ0v) is 23.3. The van der Waals surface area contributed by atoms with Crippen molar-refractivity contribution in [2.75, 3.05) is 46.9 Å². The molecule has 7 heteroatoms. The van der Waals surface area contributed by atoms with Crippen molar-refractivity contribution in [2.24, 2.45) is 16.3 Å². The molecule has 1 saturated heterocycles. The fourth-order valence-electron chi connectivity index (χ4n) is 4.01. The van der Waals surface area contributed by atoms with Crippen LogP contribution in [0.1, 0.15) is 52.5 Å². The van der Waals surface area contributed by atoms with Crippen molar-refractivity contribution in [3.05, 3.63) is 29.8 Å². The second kappa shape index (κ2) is 15.0. The van der Waals surface area contributed by atoms with Gasteiger partial charge in [-0.25, -0.2) is 4.99 Å². The molecule has 1 heterocycles. The molecule has 0 aromatic heterocycles. The molecule has 184 valence electrons. The number of hydrogen-bond acceptors (Lipinski definition) is 4. The first-order valence-corrected chi connectivity index (χ1v) is 11.8. The van der Waals surface area contributed by atoms with Crippen molar-refractivity contribution < 1.29 is 9.47 Å². The summed E-state index contributed by atoms with van der Waals surface area (Å²) >= 11 is 0. The summed E-state index contributed by atoms with van der Waals surface area (Å²) < 4.78 is 11.9. The summed E-state index contributed by atoms with van der Waals surface area (Å²) in [6.45, 7) is 13.9. The third kappa shape index (κ3) is 10.7. The summed E-state index contributed by atoms with van der Waals surface area (Å²) in [5.74, 6) is 2.29. The molecule has 1 fully saturated rings. The Kier molecular flexibility index (Phi) is 13.5. The van der Waals surface area contributed by atoms with Crippen LogP contribution < -0.4 is 15.4 Å². The Balaban J connectivity index is 0.00000512. The van der Waals surface area contributed by atoms with Gasteiger partial charge in [0.05, 0.1) is 19.3 Å². The average molecular weight is 561 g/mol. The van der Waals surface area contributed by atoms with E-state index in [9.17, 15) is 0 Å². The smallest absolute Gasteiger partial charge is 0.191 e. The lowest BCUT2D eigenvalue weighted by molar-refractivity contribution is -0.0835. The predicted octanol–water partition coefficient (Wildman–Crippen LogP) is 4.53. The lowest BCUT2D eigenvalue weighted by Gasteiger charge is -2.40. The van der Waals surface area contributed by atoms with Crippen molar-refractivity contribution in [2.45, 2.75) is 59.6 Å². The number of hydrogen-bond donors (Lipinski definition) is 2. The fourth-order valence-corrected chi connectivity index (χ4v) is 4.01. The molecule has 0 bridgehead atoms. The number of aliphatic imine (C=N–C) groups is 1. The Morgan fingerprint density at radius 3 is 2.53 bits per heavy atom. The molecule has 2 rings (SSSR count). The highest BCUT2D eigenvalue weighted by molar-refractivity contribution is 14.0. The minimum atomic E-state index is 0. The second-order valence-electron chi connectivity index (χ2n) is 9.79. The minimum Gasteiger partial charge on any atom is -0.494 e. The van der Waals surface area contributed by atoms with Gasteiger partial charge in [0.25, 0.3) is 0 Å².